The molecule has 0 aromatic heterocycles. The van der Waals surface area contributed by atoms with Crippen molar-refractivity contribution < 1.29 is 8.42 Å². The van der Waals surface area contributed by atoms with Crippen molar-refractivity contribution in [3.8, 4) is 0 Å². The number of sulfonamides is 1. The molecule has 0 spiro atoms. The third kappa shape index (κ3) is 19.9. The first kappa shape index (κ1) is 25.2. The van der Waals surface area contributed by atoms with Crippen molar-refractivity contribution in [1.82, 2.24) is 15.4 Å². The average Bonchev–Trinajstić information content (AvgIpc) is 2.40. The van der Waals surface area contributed by atoms with Gasteiger partial charge in [-0.2, -0.15) is 0 Å². The van der Waals surface area contributed by atoms with Crippen LogP contribution in [0.1, 0.15) is 52.9 Å². The maximum Gasteiger partial charge on any atom is 0.208 e. The monoisotopic (exact) mass is 462 g/mol. The van der Waals surface area contributed by atoms with Crippen LogP contribution in [-0.4, -0.2) is 46.8 Å². The first-order valence-electron chi connectivity index (χ1n) is 8.32. The molecule has 140 valence electrons. The van der Waals surface area contributed by atoms with Gasteiger partial charge in [0.15, 0.2) is 5.96 Å². The summed E-state index contributed by atoms with van der Waals surface area (Å²) >= 11 is 0. The lowest BCUT2D eigenvalue weighted by Gasteiger charge is -2.11. The smallest absolute Gasteiger partial charge is 0.208 e. The normalized spacial score (nSPS) is 12.1. The quantitative estimate of drug-likeness (QED) is 0.180. The molecule has 8 heteroatoms. The molecule has 0 saturated carbocycles. The van der Waals surface area contributed by atoms with Crippen LogP contribution in [0.2, 0.25) is 0 Å². The molecule has 6 nitrogen and oxygen atoms in total. The van der Waals surface area contributed by atoms with Crippen molar-refractivity contribution in [2.24, 2.45) is 10.9 Å². The lowest BCUT2D eigenvalue weighted by atomic mass is 10.0. The second-order valence-corrected chi connectivity index (χ2v) is 7.78. The minimum atomic E-state index is -3.12. The SMILES string of the molecule is CCNC(=NCCCCCCC(C)C)NCCNS(C)(=O)=O.I. The molecule has 0 bridgehead atoms. The van der Waals surface area contributed by atoms with Gasteiger partial charge in [0, 0.05) is 26.2 Å². The third-order valence-electron chi connectivity index (χ3n) is 3.09. The van der Waals surface area contributed by atoms with Gasteiger partial charge in [0.05, 0.1) is 6.26 Å². The van der Waals surface area contributed by atoms with Gasteiger partial charge in [0.25, 0.3) is 0 Å². The molecule has 0 radical (unpaired) electrons. The summed E-state index contributed by atoms with van der Waals surface area (Å²) in [5.74, 6) is 1.54. The Hall–Kier alpha value is -0.0900. The molecule has 0 heterocycles. The molecule has 0 aliphatic rings. The highest BCUT2D eigenvalue weighted by molar-refractivity contribution is 14.0. The highest BCUT2D eigenvalue weighted by atomic mass is 127. The van der Waals surface area contributed by atoms with Crippen LogP contribution in [0.25, 0.3) is 0 Å². The minimum Gasteiger partial charge on any atom is -0.357 e. The summed E-state index contributed by atoms with van der Waals surface area (Å²) in [5.41, 5.74) is 0. The summed E-state index contributed by atoms with van der Waals surface area (Å²) in [7, 11) is -3.12. The van der Waals surface area contributed by atoms with E-state index in [9.17, 15) is 8.42 Å². The van der Waals surface area contributed by atoms with E-state index >= 15 is 0 Å². The number of halogens is 1. The predicted molar refractivity (Wildman–Crippen MR) is 110 cm³/mol. The van der Waals surface area contributed by atoms with Crippen molar-refractivity contribution in [3.63, 3.8) is 0 Å². The number of guanidine groups is 1. The van der Waals surface area contributed by atoms with Crippen molar-refractivity contribution in [2.75, 3.05) is 32.4 Å². The van der Waals surface area contributed by atoms with Crippen LogP contribution < -0.4 is 15.4 Å². The summed E-state index contributed by atoms with van der Waals surface area (Å²) in [6, 6.07) is 0. The van der Waals surface area contributed by atoms with Crippen molar-refractivity contribution in [1.29, 1.82) is 0 Å². The molecule has 0 fully saturated rings. The van der Waals surface area contributed by atoms with E-state index in [1.165, 1.54) is 25.7 Å². The standard InChI is InChI=1S/C15H34N4O2S.HI/c1-5-16-15(18-12-13-19-22(4,20)21)17-11-9-7-6-8-10-14(2)3;/h14,19H,5-13H2,1-4H3,(H2,16,17,18);1H. The molecule has 0 aliphatic heterocycles. The first-order valence-corrected chi connectivity index (χ1v) is 10.2. The molecule has 0 aliphatic carbocycles. The minimum absolute atomic E-state index is 0. The number of hydrogen-bond donors (Lipinski definition) is 3. The Balaban J connectivity index is 0. The molecule has 23 heavy (non-hydrogen) atoms. The van der Waals surface area contributed by atoms with E-state index in [1.807, 2.05) is 6.92 Å². The Bertz CT molecular complexity index is 400. The molecule has 0 aromatic carbocycles. The lowest BCUT2D eigenvalue weighted by Crippen LogP contribution is -2.41. The fourth-order valence-electron chi connectivity index (χ4n) is 1.97. The molecule has 0 aromatic rings. The van der Waals surface area contributed by atoms with E-state index in [2.05, 4.69) is 34.2 Å². The predicted octanol–water partition coefficient (Wildman–Crippen LogP) is 2.32. The van der Waals surface area contributed by atoms with Gasteiger partial charge in [0.2, 0.25) is 10.0 Å². The molecular formula is C15H35IN4O2S. The largest absolute Gasteiger partial charge is 0.357 e. The zero-order chi connectivity index (χ0) is 16.8. The Morgan fingerprint density at radius 2 is 1.70 bits per heavy atom. The third-order valence-corrected chi connectivity index (χ3v) is 3.81. The summed E-state index contributed by atoms with van der Waals surface area (Å²) in [6.45, 7) is 9.01. The van der Waals surface area contributed by atoms with Gasteiger partial charge in [-0.1, -0.05) is 39.5 Å². The van der Waals surface area contributed by atoms with Crippen molar-refractivity contribution in [2.45, 2.75) is 52.9 Å². The van der Waals surface area contributed by atoms with Crippen molar-refractivity contribution >= 4 is 40.0 Å². The molecule has 0 atom stereocenters. The maximum absolute atomic E-state index is 11.0. The molecule has 0 saturated heterocycles. The molecule has 0 rings (SSSR count). The van der Waals surface area contributed by atoms with Gasteiger partial charge in [-0.25, -0.2) is 13.1 Å². The second-order valence-electron chi connectivity index (χ2n) is 5.95. The fraction of sp³-hybridized carbons (Fsp3) is 0.933. The van der Waals surface area contributed by atoms with Gasteiger partial charge in [-0.05, 0) is 19.3 Å². The van der Waals surface area contributed by atoms with Crippen LogP contribution in [0, 0.1) is 5.92 Å². The molecule has 0 unspecified atom stereocenters. The first-order chi connectivity index (χ1) is 10.3. The number of hydrogen-bond acceptors (Lipinski definition) is 3. The number of unbranched alkanes of at least 4 members (excludes halogenated alkanes) is 3. The van der Waals surface area contributed by atoms with Gasteiger partial charge in [0.1, 0.15) is 0 Å². The van der Waals surface area contributed by atoms with Crippen molar-refractivity contribution in [3.05, 3.63) is 0 Å². The maximum atomic E-state index is 11.0. The topological polar surface area (TPSA) is 82.6 Å². The van der Waals surface area contributed by atoms with E-state index in [0.29, 0.717) is 13.1 Å². The lowest BCUT2D eigenvalue weighted by molar-refractivity contribution is 0.521. The zero-order valence-electron chi connectivity index (χ0n) is 15.0. The molecular weight excluding hydrogens is 427 g/mol. The van der Waals surface area contributed by atoms with Crippen LogP contribution in [0.4, 0.5) is 0 Å². The molecule has 3 N–H and O–H groups in total. The number of nitrogens with zero attached hydrogens (tertiary/aromatic N) is 1. The Kier molecular flexibility index (Phi) is 16.9. The zero-order valence-corrected chi connectivity index (χ0v) is 18.2. The van der Waals surface area contributed by atoms with E-state index in [4.69, 9.17) is 0 Å². The van der Waals surface area contributed by atoms with Crippen LogP contribution in [0.5, 0.6) is 0 Å². The number of rotatable bonds is 12. The highest BCUT2D eigenvalue weighted by Gasteiger charge is 2.00. The summed E-state index contributed by atoms with van der Waals surface area (Å²) in [5, 5.41) is 6.28. The van der Waals surface area contributed by atoms with Crippen LogP contribution in [0.15, 0.2) is 4.99 Å². The Morgan fingerprint density at radius 1 is 1.04 bits per heavy atom. The Morgan fingerprint density at radius 3 is 2.26 bits per heavy atom. The van der Waals surface area contributed by atoms with E-state index in [-0.39, 0.29) is 24.0 Å². The van der Waals surface area contributed by atoms with E-state index in [1.54, 1.807) is 0 Å². The fourth-order valence-corrected chi connectivity index (χ4v) is 2.44. The summed E-state index contributed by atoms with van der Waals surface area (Å²) in [4.78, 5) is 4.50. The van der Waals surface area contributed by atoms with Crippen LogP contribution in [0.3, 0.4) is 0 Å². The highest BCUT2D eigenvalue weighted by Crippen LogP contribution is 2.09. The van der Waals surface area contributed by atoms with Gasteiger partial charge in [-0.15, -0.1) is 24.0 Å². The number of aliphatic imine (C=N–C) groups is 1. The van der Waals surface area contributed by atoms with Crippen LogP contribution in [-0.2, 0) is 10.0 Å². The second kappa shape index (κ2) is 15.4. The van der Waals surface area contributed by atoms with E-state index < -0.39 is 10.0 Å². The van der Waals surface area contributed by atoms with Gasteiger partial charge in [-0.3, -0.25) is 4.99 Å². The number of nitrogens with one attached hydrogen (secondary N) is 3. The summed E-state index contributed by atoms with van der Waals surface area (Å²) < 4.78 is 24.4. The van der Waals surface area contributed by atoms with Crippen LogP contribution >= 0.6 is 24.0 Å². The molecule has 0 amide bonds. The van der Waals surface area contributed by atoms with Gasteiger partial charge < -0.3 is 10.6 Å². The average molecular weight is 462 g/mol. The van der Waals surface area contributed by atoms with Gasteiger partial charge >= 0.3 is 0 Å². The summed E-state index contributed by atoms with van der Waals surface area (Å²) in [6.07, 6.45) is 7.35. The Labute approximate surface area is 159 Å². The van der Waals surface area contributed by atoms with E-state index in [0.717, 1.165) is 37.6 Å².